The molecule has 2 rings (SSSR count). The fourth-order valence-corrected chi connectivity index (χ4v) is 2.66. The number of nitrogens with one attached hydrogen (secondary N) is 1. The highest BCUT2D eigenvalue weighted by Crippen LogP contribution is 2.21. The number of nitrogens with two attached hydrogens (primary N) is 1. The van der Waals surface area contributed by atoms with Crippen molar-refractivity contribution in [1.29, 1.82) is 0 Å². The van der Waals surface area contributed by atoms with Crippen LogP contribution in [0.15, 0.2) is 5.38 Å². The largest absolute Gasteiger partial charge is 0.325 e. The Bertz CT molecular complexity index is 532. The van der Waals surface area contributed by atoms with Crippen molar-refractivity contribution in [2.75, 3.05) is 5.32 Å². The molecular weight excluding hydrogens is 292 g/mol. The molecule has 0 saturated carbocycles. The van der Waals surface area contributed by atoms with Gasteiger partial charge in [-0.1, -0.05) is 0 Å². The summed E-state index contributed by atoms with van der Waals surface area (Å²) in [6, 6.07) is 0. The molecule has 2 heterocycles. The van der Waals surface area contributed by atoms with Gasteiger partial charge in [0.25, 0.3) is 5.91 Å². The monoisotopic (exact) mass is 304 g/mol. The van der Waals surface area contributed by atoms with Crippen molar-refractivity contribution in [1.82, 2.24) is 9.97 Å². The van der Waals surface area contributed by atoms with Gasteiger partial charge in [0.15, 0.2) is 5.13 Å². The molecule has 0 aliphatic carbocycles. The summed E-state index contributed by atoms with van der Waals surface area (Å²) < 4.78 is 0. The lowest BCUT2D eigenvalue weighted by atomic mass is 10.4. The molecule has 0 bridgehead atoms. The molecule has 0 atom stereocenters. The molecule has 18 heavy (non-hydrogen) atoms. The zero-order chi connectivity index (χ0) is 12.4. The SMILES string of the molecule is Cc1nc(NC(=O)c2csc(CN)n2)sc1C.Cl. The number of halogens is 1. The maximum Gasteiger partial charge on any atom is 0.276 e. The van der Waals surface area contributed by atoms with Gasteiger partial charge < -0.3 is 5.73 Å². The minimum atomic E-state index is -0.241. The molecule has 0 aliphatic rings. The van der Waals surface area contributed by atoms with Crippen LogP contribution < -0.4 is 11.1 Å². The Morgan fingerprint density at radius 2 is 2.17 bits per heavy atom. The minimum Gasteiger partial charge on any atom is -0.325 e. The molecule has 98 valence electrons. The van der Waals surface area contributed by atoms with E-state index in [1.165, 1.54) is 22.7 Å². The molecule has 8 heteroatoms. The van der Waals surface area contributed by atoms with Gasteiger partial charge in [0.1, 0.15) is 10.7 Å². The Morgan fingerprint density at radius 1 is 1.44 bits per heavy atom. The van der Waals surface area contributed by atoms with Crippen molar-refractivity contribution < 1.29 is 4.79 Å². The van der Waals surface area contributed by atoms with Gasteiger partial charge in [-0.2, -0.15) is 0 Å². The Labute approximate surface area is 119 Å². The summed E-state index contributed by atoms with van der Waals surface area (Å²) in [7, 11) is 0. The first-order chi connectivity index (χ1) is 8.10. The number of nitrogens with zero attached hydrogens (tertiary/aromatic N) is 2. The van der Waals surface area contributed by atoms with Crippen LogP contribution >= 0.6 is 35.1 Å². The summed E-state index contributed by atoms with van der Waals surface area (Å²) in [5.41, 5.74) is 6.77. The van der Waals surface area contributed by atoms with E-state index in [9.17, 15) is 4.79 Å². The number of amides is 1. The van der Waals surface area contributed by atoms with Gasteiger partial charge >= 0.3 is 0 Å². The number of carbonyl (C=O) groups excluding carboxylic acids is 1. The number of rotatable bonds is 3. The molecule has 5 nitrogen and oxygen atoms in total. The molecule has 0 fully saturated rings. The van der Waals surface area contributed by atoms with Crippen molar-refractivity contribution in [2.45, 2.75) is 20.4 Å². The summed E-state index contributed by atoms with van der Waals surface area (Å²) in [6.45, 7) is 4.24. The number of hydrogen-bond donors (Lipinski definition) is 2. The van der Waals surface area contributed by atoms with Gasteiger partial charge in [0.05, 0.1) is 5.69 Å². The highest BCUT2D eigenvalue weighted by atomic mass is 35.5. The molecule has 0 radical (unpaired) electrons. The second kappa shape index (κ2) is 6.24. The Kier molecular flexibility index (Phi) is 5.21. The van der Waals surface area contributed by atoms with Crippen LogP contribution in [0.2, 0.25) is 0 Å². The number of carbonyl (C=O) groups is 1. The van der Waals surface area contributed by atoms with Gasteiger partial charge in [-0.15, -0.1) is 35.1 Å². The average Bonchev–Trinajstić information content (AvgIpc) is 2.87. The lowest BCUT2D eigenvalue weighted by Crippen LogP contribution is -2.12. The van der Waals surface area contributed by atoms with Gasteiger partial charge in [-0.25, -0.2) is 9.97 Å². The van der Waals surface area contributed by atoms with Crippen molar-refractivity contribution in [2.24, 2.45) is 5.73 Å². The van der Waals surface area contributed by atoms with Gasteiger partial charge in [0.2, 0.25) is 0 Å². The molecule has 0 aromatic carbocycles. The van der Waals surface area contributed by atoms with Crippen LogP contribution in [-0.2, 0) is 6.54 Å². The van der Waals surface area contributed by atoms with E-state index in [0.29, 0.717) is 17.4 Å². The Hall–Kier alpha value is -1.02. The Morgan fingerprint density at radius 3 is 2.67 bits per heavy atom. The zero-order valence-electron chi connectivity index (χ0n) is 9.89. The molecule has 0 saturated heterocycles. The molecule has 0 unspecified atom stereocenters. The second-order valence-electron chi connectivity index (χ2n) is 3.45. The summed E-state index contributed by atoms with van der Waals surface area (Å²) >= 11 is 2.84. The summed E-state index contributed by atoms with van der Waals surface area (Å²) in [6.07, 6.45) is 0. The molecule has 2 aromatic rings. The van der Waals surface area contributed by atoms with Crippen LogP contribution in [0, 0.1) is 13.8 Å². The molecular formula is C10H13ClN4OS2. The molecule has 3 N–H and O–H groups in total. The predicted octanol–water partition coefficient (Wildman–Crippen LogP) is 2.35. The summed E-state index contributed by atoms with van der Waals surface area (Å²) in [5.74, 6) is -0.241. The summed E-state index contributed by atoms with van der Waals surface area (Å²) in [5, 5.41) is 5.78. The van der Waals surface area contributed by atoms with E-state index in [2.05, 4.69) is 15.3 Å². The van der Waals surface area contributed by atoms with Crippen LogP contribution in [0.1, 0.15) is 26.1 Å². The second-order valence-corrected chi connectivity index (χ2v) is 5.59. The third kappa shape index (κ3) is 3.26. The van der Waals surface area contributed by atoms with E-state index in [0.717, 1.165) is 15.6 Å². The number of aryl methyl sites for hydroxylation is 2. The number of anilines is 1. The highest BCUT2D eigenvalue weighted by Gasteiger charge is 2.12. The van der Waals surface area contributed by atoms with Crippen LogP contribution in [0.5, 0.6) is 0 Å². The lowest BCUT2D eigenvalue weighted by Gasteiger charge is -1.96. The van der Waals surface area contributed by atoms with Crippen LogP contribution in [0.25, 0.3) is 0 Å². The first kappa shape index (κ1) is 15.0. The fourth-order valence-electron chi connectivity index (χ4n) is 1.20. The minimum absolute atomic E-state index is 0. The van der Waals surface area contributed by atoms with Crippen LogP contribution in [0.4, 0.5) is 5.13 Å². The number of thiazole rings is 2. The van der Waals surface area contributed by atoms with Crippen molar-refractivity contribution in [3.8, 4) is 0 Å². The zero-order valence-corrected chi connectivity index (χ0v) is 12.3. The maximum absolute atomic E-state index is 11.8. The smallest absolute Gasteiger partial charge is 0.276 e. The first-order valence-corrected chi connectivity index (χ1v) is 6.69. The quantitative estimate of drug-likeness (QED) is 0.912. The van der Waals surface area contributed by atoms with Gasteiger partial charge in [-0.3, -0.25) is 10.1 Å². The topological polar surface area (TPSA) is 80.9 Å². The van der Waals surface area contributed by atoms with E-state index in [4.69, 9.17) is 5.73 Å². The van der Waals surface area contributed by atoms with Crippen molar-refractivity contribution in [3.63, 3.8) is 0 Å². The van der Waals surface area contributed by atoms with E-state index in [-0.39, 0.29) is 18.3 Å². The molecule has 1 amide bonds. The lowest BCUT2D eigenvalue weighted by molar-refractivity contribution is 0.102. The van der Waals surface area contributed by atoms with Crippen LogP contribution in [0.3, 0.4) is 0 Å². The number of hydrogen-bond acceptors (Lipinski definition) is 6. The van der Waals surface area contributed by atoms with Crippen molar-refractivity contribution >= 4 is 46.1 Å². The molecule has 0 spiro atoms. The van der Waals surface area contributed by atoms with Crippen LogP contribution in [-0.4, -0.2) is 15.9 Å². The standard InChI is InChI=1S/C10H12N4OS2.ClH/c1-5-6(2)17-10(12-5)14-9(15)7-4-16-8(3-11)13-7;/h4H,3,11H2,1-2H3,(H,12,14,15);1H. The third-order valence-electron chi connectivity index (χ3n) is 2.21. The Balaban J connectivity index is 0.00000162. The van der Waals surface area contributed by atoms with E-state index >= 15 is 0 Å². The normalized spacial score (nSPS) is 9.94. The first-order valence-electron chi connectivity index (χ1n) is 5.00. The van der Waals surface area contributed by atoms with E-state index in [1.54, 1.807) is 5.38 Å². The maximum atomic E-state index is 11.8. The number of aromatic nitrogens is 2. The summed E-state index contributed by atoms with van der Waals surface area (Å²) in [4.78, 5) is 21.3. The highest BCUT2D eigenvalue weighted by molar-refractivity contribution is 7.15. The van der Waals surface area contributed by atoms with E-state index in [1.807, 2.05) is 13.8 Å². The van der Waals surface area contributed by atoms with Gasteiger partial charge in [-0.05, 0) is 13.8 Å². The average molecular weight is 305 g/mol. The predicted molar refractivity (Wildman–Crippen MR) is 76.8 cm³/mol. The molecule has 2 aromatic heterocycles. The third-order valence-corrected chi connectivity index (χ3v) is 4.07. The van der Waals surface area contributed by atoms with E-state index < -0.39 is 0 Å². The van der Waals surface area contributed by atoms with Crippen molar-refractivity contribution in [3.05, 3.63) is 26.7 Å². The van der Waals surface area contributed by atoms with Gasteiger partial charge in [0, 0.05) is 16.8 Å². The molecule has 0 aliphatic heterocycles. The fraction of sp³-hybridized carbons (Fsp3) is 0.300.